The number of nitrogens with zero attached hydrogens (tertiary/aromatic N) is 2. The second-order valence-corrected chi connectivity index (χ2v) is 8.42. The third-order valence-electron chi connectivity index (χ3n) is 4.70. The van der Waals surface area contributed by atoms with Crippen LogP contribution in [0.15, 0.2) is 71.8 Å². The first-order valence-electron chi connectivity index (χ1n) is 9.14. The number of nitrogens with one attached hydrogen (secondary N) is 2. The van der Waals surface area contributed by atoms with Crippen LogP contribution in [0.1, 0.15) is 12.5 Å². The summed E-state index contributed by atoms with van der Waals surface area (Å²) >= 11 is 0. The van der Waals surface area contributed by atoms with Crippen LogP contribution in [0.3, 0.4) is 0 Å². The molecule has 0 radical (unpaired) electrons. The summed E-state index contributed by atoms with van der Waals surface area (Å²) in [7, 11) is -3.76. The number of aromatic nitrogens is 1. The summed E-state index contributed by atoms with van der Waals surface area (Å²) in [5.41, 5.74) is 2.89. The van der Waals surface area contributed by atoms with Crippen molar-refractivity contribution >= 4 is 38.8 Å². The van der Waals surface area contributed by atoms with Crippen molar-refractivity contribution in [1.29, 1.82) is 0 Å². The van der Waals surface area contributed by atoms with Crippen LogP contribution >= 0.6 is 0 Å². The molecule has 0 fully saturated rings. The molecule has 4 rings (SSSR count). The zero-order valence-corrected chi connectivity index (χ0v) is 16.6. The topological polar surface area (TPSA) is 91.4 Å². The van der Waals surface area contributed by atoms with Crippen molar-refractivity contribution in [3.05, 3.63) is 72.4 Å². The number of carbonyl (C=O) groups excluding carboxylic acids is 1. The Morgan fingerprint density at radius 2 is 1.83 bits per heavy atom. The Kier molecular flexibility index (Phi) is 4.94. The number of para-hydroxylation sites is 1. The van der Waals surface area contributed by atoms with Gasteiger partial charge in [0.1, 0.15) is 5.82 Å². The van der Waals surface area contributed by atoms with Gasteiger partial charge in [-0.25, -0.2) is 13.4 Å². The first kappa shape index (κ1) is 18.9. The summed E-state index contributed by atoms with van der Waals surface area (Å²) in [6, 6.07) is 17.8. The highest BCUT2D eigenvalue weighted by molar-refractivity contribution is 7.92. The van der Waals surface area contributed by atoms with E-state index in [0.717, 1.165) is 16.9 Å². The number of hydrogen-bond donors (Lipinski definition) is 2. The molecule has 0 unspecified atom stereocenters. The molecule has 29 heavy (non-hydrogen) atoms. The molecule has 0 bridgehead atoms. The van der Waals surface area contributed by atoms with E-state index in [9.17, 15) is 13.2 Å². The van der Waals surface area contributed by atoms with Crippen LogP contribution in [0.4, 0.5) is 22.9 Å². The molecule has 1 aliphatic rings. The van der Waals surface area contributed by atoms with E-state index in [1.165, 1.54) is 19.2 Å². The lowest BCUT2D eigenvalue weighted by Crippen LogP contribution is -2.25. The Labute approximate surface area is 169 Å². The molecule has 0 aliphatic carbocycles. The molecule has 1 aromatic heterocycles. The van der Waals surface area contributed by atoms with E-state index < -0.39 is 10.0 Å². The normalized spacial score (nSPS) is 13.1. The van der Waals surface area contributed by atoms with E-state index in [1.54, 1.807) is 29.2 Å². The minimum atomic E-state index is -3.76. The number of anilines is 4. The van der Waals surface area contributed by atoms with Gasteiger partial charge in [0.05, 0.1) is 16.8 Å². The van der Waals surface area contributed by atoms with Gasteiger partial charge in [-0.2, -0.15) is 0 Å². The fraction of sp³-hybridized carbons (Fsp3) is 0.143. The van der Waals surface area contributed by atoms with Gasteiger partial charge in [0, 0.05) is 24.8 Å². The number of amides is 1. The Bertz CT molecular complexity index is 1150. The van der Waals surface area contributed by atoms with E-state index in [4.69, 9.17) is 0 Å². The molecule has 2 heterocycles. The molecule has 0 saturated heterocycles. The van der Waals surface area contributed by atoms with Crippen molar-refractivity contribution < 1.29 is 13.2 Å². The van der Waals surface area contributed by atoms with E-state index in [2.05, 4.69) is 15.0 Å². The fourth-order valence-corrected chi connectivity index (χ4v) is 4.38. The van der Waals surface area contributed by atoms with Crippen molar-refractivity contribution in [2.45, 2.75) is 18.2 Å². The molecular formula is C21H20N4O3S. The lowest BCUT2D eigenvalue weighted by molar-refractivity contribution is -0.116. The van der Waals surface area contributed by atoms with Gasteiger partial charge in [0.25, 0.3) is 10.0 Å². The van der Waals surface area contributed by atoms with E-state index in [1.807, 2.05) is 30.3 Å². The van der Waals surface area contributed by atoms with Crippen molar-refractivity contribution in [2.75, 3.05) is 21.5 Å². The summed E-state index contributed by atoms with van der Waals surface area (Å²) in [4.78, 5) is 17.7. The molecule has 1 aliphatic heterocycles. The number of rotatable bonds is 5. The van der Waals surface area contributed by atoms with Crippen LogP contribution in [0.25, 0.3) is 0 Å². The summed E-state index contributed by atoms with van der Waals surface area (Å²) in [5.74, 6) is 0.564. The van der Waals surface area contributed by atoms with E-state index >= 15 is 0 Å². The number of pyridine rings is 1. The van der Waals surface area contributed by atoms with Gasteiger partial charge in [-0.1, -0.05) is 18.2 Å². The highest BCUT2D eigenvalue weighted by Crippen LogP contribution is 2.30. The maximum absolute atomic E-state index is 12.8. The smallest absolute Gasteiger partial charge is 0.261 e. The zero-order valence-electron chi connectivity index (χ0n) is 15.8. The van der Waals surface area contributed by atoms with E-state index in [0.29, 0.717) is 24.5 Å². The molecule has 2 N–H and O–H groups in total. The van der Waals surface area contributed by atoms with Crippen LogP contribution in [0.2, 0.25) is 0 Å². The summed E-state index contributed by atoms with van der Waals surface area (Å²) in [6.07, 6.45) is 2.10. The summed E-state index contributed by atoms with van der Waals surface area (Å²) in [6.45, 7) is 2.08. The number of carbonyl (C=O) groups is 1. The Balaban J connectivity index is 1.50. The summed E-state index contributed by atoms with van der Waals surface area (Å²) in [5, 5.41) is 3.15. The maximum atomic E-state index is 12.8. The minimum Gasteiger partial charge on any atom is -0.340 e. The third kappa shape index (κ3) is 4.07. The van der Waals surface area contributed by atoms with Gasteiger partial charge in [-0.15, -0.1) is 0 Å². The fourth-order valence-electron chi connectivity index (χ4n) is 3.28. The predicted molar refractivity (Wildman–Crippen MR) is 113 cm³/mol. The van der Waals surface area contributed by atoms with Gasteiger partial charge in [-0.05, 0) is 54.4 Å². The average Bonchev–Trinajstić information content (AvgIpc) is 3.14. The number of hydrogen-bond acceptors (Lipinski definition) is 5. The lowest BCUT2D eigenvalue weighted by atomic mass is 10.2. The minimum absolute atomic E-state index is 0.0484. The molecule has 148 valence electrons. The Morgan fingerprint density at radius 3 is 2.52 bits per heavy atom. The number of sulfonamides is 1. The molecule has 7 nitrogen and oxygen atoms in total. The number of fused-ring (bicyclic) bond motifs is 1. The molecule has 2 aromatic carbocycles. The van der Waals surface area contributed by atoms with Gasteiger partial charge < -0.3 is 10.2 Å². The predicted octanol–water partition coefficient (Wildman–Crippen LogP) is 3.54. The lowest BCUT2D eigenvalue weighted by Gasteiger charge is -2.15. The third-order valence-corrected chi connectivity index (χ3v) is 6.08. The van der Waals surface area contributed by atoms with Gasteiger partial charge in [0.2, 0.25) is 5.91 Å². The standard InChI is InChI=1S/C21H20N4O3S/c1-15(26)25-12-11-16-13-19(8-9-20(16)25)29(27,28)24-18-7-10-21(22-14-18)23-17-5-3-2-4-6-17/h2-10,13-14,24H,11-12H2,1H3,(H,22,23). The SMILES string of the molecule is CC(=O)N1CCc2cc(S(=O)(=O)Nc3ccc(Nc4ccccc4)nc3)ccc21. The molecule has 0 spiro atoms. The van der Waals surface area contributed by atoms with Gasteiger partial charge >= 0.3 is 0 Å². The molecule has 0 atom stereocenters. The maximum Gasteiger partial charge on any atom is 0.261 e. The van der Waals surface area contributed by atoms with Crippen LogP contribution in [-0.2, 0) is 21.2 Å². The quantitative estimate of drug-likeness (QED) is 0.674. The average molecular weight is 408 g/mol. The van der Waals surface area contributed by atoms with Crippen LogP contribution in [-0.4, -0.2) is 25.9 Å². The van der Waals surface area contributed by atoms with Crippen LogP contribution < -0.4 is 14.9 Å². The van der Waals surface area contributed by atoms with Crippen molar-refractivity contribution in [3.8, 4) is 0 Å². The van der Waals surface area contributed by atoms with E-state index in [-0.39, 0.29) is 10.8 Å². The van der Waals surface area contributed by atoms with Crippen molar-refractivity contribution in [1.82, 2.24) is 4.98 Å². The molecule has 3 aromatic rings. The summed E-state index contributed by atoms with van der Waals surface area (Å²) < 4.78 is 28.1. The van der Waals surface area contributed by atoms with Crippen molar-refractivity contribution in [2.24, 2.45) is 0 Å². The molecular weight excluding hydrogens is 388 g/mol. The van der Waals surface area contributed by atoms with Crippen molar-refractivity contribution in [3.63, 3.8) is 0 Å². The van der Waals surface area contributed by atoms with Gasteiger partial charge in [-0.3, -0.25) is 9.52 Å². The second-order valence-electron chi connectivity index (χ2n) is 6.74. The molecule has 0 saturated carbocycles. The first-order chi connectivity index (χ1) is 13.9. The largest absolute Gasteiger partial charge is 0.340 e. The van der Waals surface area contributed by atoms with Crippen LogP contribution in [0.5, 0.6) is 0 Å². The Morgan fingerprint density at radius 1 is 1.03 bits per heavy atom. The monoisotopic (exact) mass is 408 g/mol. The second kappa shape index (κ2) is 7.56. The highest BCUT2D eigenvalue weighted by atomic mass is 32.2. The molecule has 8 heteroatoms. The molecule has 1 amide bonds. The highest BCUT2D eigenvalue weighted by Gasteiger charge is 2.24. The number of benzene rings is 2. The Hall–Kier alpha value is -3.39. The first-order valence-corrected chi connectivity index (χ1v) is 10.6. The zero-order chi connectivity index (χ0) is 20.4. The van der Waals surface area contributed by atoms with Crippen LogP contribution in [0, 0.1) is 0 Å². The van der Waals surface area contributed by atoms with Gasteiger partial charge in [0.15, 0.2) is 0 Å².